The Kier molecular flexibility index (Phi) is 4.84. The summed E-state index contributed by atoms with van der Waals surface area (Å²) in [5, 5.41) is 0.331. The second-order valence-electron chi connectivity index (χ2n) is 3.29. The minimum atomic E-state index is 0.331. The van der Waals surface area contributed by atoms with Crippen molar-refractivity contribution in [3.63, 3.8) is 0 Å². The molecule has 0 amide bonds. The van der Waals surface area contributed by atoms with Gasteiger partial charge in [-0.2, -0.15) is 0 Å². The van der Waals surface area contributed by atoms with Gasteiger partial charge in [-0.3, -0.25) is 0 Å². The fourth-order valence-electron chi connectivity index (χ4n) is 1.33. The monoisotopic (exact) mass is 198 g/mol. The van der Waals surface area contributed by atoms with Gasteiger partial charge in [-0.05, 0) is 6.42 Å². The molecule has 13 heavy (non-hydrogen) atoms. The first kappa shape index (κ1) is 10.5. The topological polar surface area (TPSA) is 3.88 Å². The first-order valence-corrected chi connectivity index (χ1v) is 5.34. The molecule has 0 saturated heterocycles. The number of hydrogen-bond donors (Lipinski definition) is 0. The van der Waals surface area contributed by atoms with Crippen LogP contribution in [0.5, 0.6) is 0 Å². The van der Waals surface area contributed by atoms with Crippen LogP contribution in [-0.4, -0.2) is 5.38 Å². The fourth-order valence-corrected chi connectivity index (χ4v) is 1.65. The van der Waals surface area contributed by atoms with Gasteiger partial charge in [-0.25, -0.2) is 4.57 Å². The van der Waals surface area contributed by atoms with Crippen LogP contribution in [0.3, 0.4) is 0 Å². The molecule has 0 aliphatic heterocycles. The largest absolute Gasteiger partial charge is 0.205 e. The molecule has 72 valence electrons. The van der Waals surface area contributed by atoms with Crippen molar-refractivity contribution in [2.45, 2.75) is 38.1 Å². The fraction of sp³-hybridized carbons (Fsp3) is 0.545. The summed E-state index contributed by atoms with van der Waals surface area (Å²) in [6, 6.07) is 6.12. The summed E-state index contributed by atoms with van der Waals surface area (Å²) in [5.74, 6) is 0. The van der Waals surface area contributed by atoms with Crippen LogP contribution in [-0.2, 0) is 6.54 Å². The van der Waals surface area contributed by atoms with Gasteiger partial charge in [-0.15, -0.1) is 11.6 Å². The molecule has 0 bridgehead atoms. The minimum Gasteiger partial charge on any atom is -0.205 e. The highest BCUT2D eigenvalue weighted by Gasteiger charge is 2.06. The standard InChI is InChI=1S/C11H17ClN/c1-2-6-11(12)7-10-13-8-4-3-5-9-13/h3-5,8-9,11H,2,6-7,10H2,1H3/q+1. The van der Waals surface area contributed by atoms with Crippen LogP contribution < -0.4 is 4.57 Å². The Morgan fingerprint density at radius 3 is 2.46 bits per heavy atom. The molecule has 1 aromatic heterocycles. The number of rotatable bonds is 5. The zero-order valence-corrected chi connectivity index (χ0v) is 8.87. The van der Waals surface area contributed by atoms with Crippen molar-refractivity contribution < 1.29 is 4.57 Å². The van der Waals surface area contributed by atoms with Crippen LogP contribution in [0, 0.1) is 0 Å². The summed E-state index contributed by atoms with van der Waals surface area (Å²) in [5.41, 5.74) is 0. The zero-order valence-electron chi connectivity index (χ0n) is 8.12. The predicted molar refractivity (Wildman–Crippen MR) is 55.8 cm³/mol. The number of aromatic nitrogens is 1. The van der Waals surface area contributed by atoms with Crippen LogP contribution in [0.4, 0.5) is 0 Å². The van der Waals surface area contributed by atoms with Crippen LogP contribution in [0.2, 0.25) is 0 Å². The van der Waals surface area contributed by atoms with Crippen LogP contribution in [0.25, 0.3) is 0 Å². The molecule has 1 unspecified atom stereocenters. The summed E-state index contributed by atoms with van der Waals surface area (Å²) in [6.45, 7) is 3.19. The third-order valence-electron chi connectivity index (χ3n) is 2.08. The molecule has 1 rings (SSSR count). The van der Waals surface area contributed by atoms with Crippen LogP contribution in [0.15, 0.2) is 30.6 Å². The quantitative estimate of drug-likeness (QED) is 0.506. The van der Waals surface area contributed by atoms with E-state index in [2.05, 4.69) is 23.9 Å². The highest BCUT2D eigenvalue weighted by Crippen LogP contribution is 2.08. The highest BCUT2D eigenvalue weighted by molar-refractivity contribution is 6.20. The van der Waals surface area contributed by atoms with E-state index < -0.39 is 0 Å². The molecule has 0 spiro atoms. The Hall–Kier alpha value is -0.560. The maximum Gasteiger partial charge on any atom is 0.168 e. The molecule has 0 saturated carbocycles. The van der Waals surface area contributed by atoms with Crippen LogP contribution >= 0.6 is 11.6 Å². The van der Waals surface area contributed by atoms with Crippen molar-refractivity contribution in [3.05, 3.63) is 30.6 Å². The summed E-state index contributed by atoms with van der Waals surface area (Å²) in [6.07, 6.45) is 7.51. The Labute approximate surface area is 85.4 Å². The van der Waals surface area contributed by atoms with E-state index in [4.69, 9.17) is 11.6 Å². The molecule has 0 aliphatic carbocycles. The van der Waals surface area contributed by atoms with Gasteiger partial charge in [0.05, 0.1) is 0 Å². The lowest BCUT2D eigenvalue weighted by molar-refractivity contribution is -0.697. The van der Waals surface area contributed by atoms with Gasteiger partial charge in [0.1, 0.15) is 6.54 Å². The maximum atomic E-state index is 6.12. The molecule has 1 atom stereocenters. The Morgan fingerprint density at radius 2 is 1.85 bits per heavy atom. The Morgan fingerprint density at radius 1 is 1.15 bits per heavy atom. The predicted octanol–water partition coefficient (Wildman–Crippen LogP) is 2.77. The second kappa shape index (κ2) is 5.98. The van der Waals surface area contributed by atoms with Gasteiger partial charge in [0.25, 0.3) is 0 Å². The zero-order chi connectivity index (χ0) is 9.52. The van der Waals surface area contributed by atoms with Crippen molar-refractivity contribution in [1.29, 1.82) is 0 Å². The van der Waals surface area contributed by atoms with Crippen molar-refractivity contribution in [2.24, 2.45) is 0 Å². The van der Waals surface area contributed by atoms with Gasteiger partial charge in [0.15, 0.2) is 12.4 Å². The molecule has 0 aliphatic rings. The average Bonchev–Trinajstić information content (AvgIpc) is 2.17. The van der Waals surface area contributed by atoms with Crippen LogP contribution in [0.1, 0.15) is 26.2 Å². The number of pyridine rings is 1. The number of hydrogen-bond acceptors (Lipinski definition) is 0. The molecule has 0 aromatic carbocycles. The van der Waals surface area contributed by atoms with E-state index in [1.165, 1.54) is 6.42 Å². The van der Waals surface area contributed by atoms with Gasteiger partial charge in [0.2, 0.25) is 0 Å². The van der Waals surface area contributed by atoms with E-state index in [-0.39, 0.29) is 0 Å². The van der Waals surface area contributed by atoms with E-state index in [1.54, 1.807) is 0 Å². The highest BCUT2D eigenvalue weighted by atomic mass is 35.5. The lowest BCUT2D eigenvalue weighted by atomic mass is 10.2. The van der Waals surface area contributed by atoms with E-state index in [9.17, 15) is 0 Å². The summed E-state index contributed by atoms with van der Waals surface area (Å²) in [4.78, 5) is 0. The number of alkyl halides is 1. The third-order valence-corrected chi connectivity index (χ3v) is 2.52. The smallest absolute Gasteiger partial charge is 0.168 e. The maximum absolute atomic E-state index is 6.12. The molecular formula is C11H17ClN+. The normalized spacial score (nSPS) is 12.8. The Bertz CT molecular complexity index is 223. The van der Waals surface area contributed by atoms with Crippen molar-refractivity contribution in [1.82, 2.24) is 0 Å². The van der Waals surface area contributed by atoms with Crippen molar-refractivity contribution in [2.75, 3.05) is 0 Å². The molecule has 0 radical (unpaired) electrons. The molecule has 0 N–H and O–H groups in total. The van der Waals surface area contributed by atoms with Crippen molar-refractivity contribution >= 4 is 11.6 Å². The molecular weight excluding hydrogens is 182 g/mol. The lowest BCUT2D eigenvalue weighted by Crippen LogP contribution is -2.33. The molecule has 0 fully saturated rings. The van der Waals surface area contributed by atoms with Crippen molar-refractivity contribution in [3.8, 4) is 0 Å². The Balaban J connectivity index is 2.27. The molecule has 1 aromatic rings. The SMILES string of the molecule is CCCC(Cl)CC[n+]1ccccc1. The number of nitrogens with zero attached hydrogens (tertiary/aromatic N) is 1. The average molecular weight is 199 g/mol. The summed E-state index contributed by atoms with van der Waals surface area (Å²) < 4.78 is 2.17. The van der Waals surface area contributed by atoms with E-state index in [1.807, 2.05) is 18.2 Å². The van der Waals surface area contributed by atoms with Gasteiger partial charge >= 0.3 is 0 Å². The van der Waals surface area contributed by atoms with E-state index >= 15 is 0 Å². The summed E-state index contributed by atoms with van der Waals surface area (Å²) in [7, 11) is 0. The number of aryl methyl sites for hydroxylation is 1. The molecule has 1 heterocycles. The first-order chi connectivity index (χ1) is 6.33. The van der Waals surface area contributed by atoms with E-state index in [0.717, 1.165) is 19.4 Å². The first-order valence-electron chi connectivity index (χ1n) is 4.91. The van der Waals surface area contributed by atoms with Gasteiger partial charge in [0, 0.05) is 23.9 Å². The minimum absolute atomic E-state index is 0.331. The molecule has 2 heteroatoms. The summed E-state index contributed by atoms with van der Waals surface area (Å²) >= 11 is 6.12. The van der Waals surface area contributed by atoms with E-state index in [0.29, 0.717) is 5.38 Å². The third kappa shape index (κ3) is 4.28. The lowest BCUT2D eigenvalue weighted by Gasteiger charge is -2.04. The van der Waals surface area contributed by atoms with Gasteiger partial charge < -0.3 is 0 Å². The molecule has 1 nitrogen and oxygen atoms in total. The second-order valence-corrected chi connectivity index (χ2v) is 3.91. The number of halogens is 1. The van der Waals surface area contributed by atoms with Gasteiger partial charge in [-0.1, -0.05) is 19.4 Å².